The molecule has 0 bridgehead atoms. The van der Waals surface area contributed by atoms with Gasteiger partial charge in [-0.1, -0.05) is 174 Å². The second-order valence-corrected chi connectivity index (χ2v) is 18.2. The lowest BCUT2D eigenvalue weighted by atomic mass is 10.0. The van der Waals surface area contributed by atoms with E-state index in [0.717, 1.165) is 57.8 Å². The molecule has 0 aromatic carbocycles. The average Bonchev–Trinajstić information content (AvgIpc) is 3.13. The highest BCUT2D eigenvalue weighted by molar-refractivity contribution is 7.45. The number of rotatable bonds is 42. The number of hydrogen-bond donors (Lipinski definition) is 0. The molecule has 0 rings (SSSR count). The summed E-state index contributed by atoms with van der Waals surface area (Å²) >= 11 is 0. The normalized spacial score (nSPS) is 13.6. The largest absolute Gasteiger partial charge is 0.756 e. The van der Waals surface area contributed by atoms with Gasteiger partial charge in [0.1, 0.15) is 19.8 Å². The van der Waals surface area contributed by atoms with E-state index >= 15 is 0 Å². The van der Waals surface area contributed by atoms with Crippen molar-refractivity contribution in [3.8, 4) is 0 Å². The van der Waals surface area contributed by atoms with Crippen molar-refractivity contribution in [2.75, 3.05) is 47.5 Å². The first-order valence-corrected chi connectivity index (χ1v) is 24.4. The summed E-state index contributed by atoms with van der Waals surface area (Å²) < 4.78 is 33.9. The highest BCUT2D eigenvalue weighted by atomic mass is 31.2. The van der Waals surface area contributed by atoms with Crippen LogP contribution in [0.4, 0.5) is 0 Å². The van der Waals surface area contributed by atoms with Crippen molar-refractivity contribution in [1.29, 1.82) is 0 Å². The molecule has 0 amide bonds. The lowest BCUT2D eigenvalue weighted by Crippen LogP contribution is -2.37. The summed E-state index contributed by atoms with van der Waals surface area (Å²) in [6, 6.07) is 0. The van der Waals surface area contributed by atoms with Crippen LogP contribution in [-0.4, -0.2) is 70.0 Å². The van der Waals surface area contributed by atoms with Gasteiger partial charge in [0.2, 0.25) is 0 Å². The zero-order chi connectivity index (χ0) is 40.7. The van der Waals surface area contributed by atoms with Crippen LogP contribution in [-0.2, 0) is 32.7 Å². The fraction of sp³-hybridized carbons (Fsp3) is 0.911. The molecule has 10 heteroatoms. The second kappa shape index (κ2) is 38.3. The Labute approximate surface area is 339 Å². The number of unbranched alkanes of at least 4 members (excludes halogenated alkanes) is 26. The molecule has 0 fully saturated rings. The first-order chi connectivity index (χ1) is 26.5. The van der Waals surface area contributed by atoms with E-state index < -0.39 is 26.5 Å². The number of allylic oxidation sites excluding steroid dienone is 2. The Morgan fingerprint density at radius 2 is 0.927 bits per heavy atom. The summed E-state index contributed by atoms with van der Waals surface area (Å²) in [6.07, 6.45) is 39.5. The monoisotopic (exact) mass is 802 g/mol. The Kier molecular flexibility index (Phi) is 37.4. The number of nitrogens with zero attached hydrogens (tertiary/aromatic N) is 1. The number of carbonyl (C=O) groups is 2. The van der Waals surface area contributed by atoms with Crippen molar-refractivity contribution in [1.82, 2.24) is 0 Å². The van der Waals surface area contributed by atoms with E-state index in [2.05, 4.69) is 26.0 Å². The summed E-state index contributed by atoms with van der Waals surface area (Å²) in [5.41, 5.74) is 0. The Bertz CT molecular complexity index is 954. The zero-order valence-electron chi connectivity index (χ0n) is 36.6. The SMILES string of the molecule is CCCCC/C=C\CCCCCCCC(=O)OC(COC(=O)CCCCCCCCCCCCCCCCCCCCC)COP(=O)([O-])OCC[N+](C)(C)C. The molecule has 0 aliphatic carbocycles. The van der Waals surface area contributed by atoms with Gasteiger partial charge in [0.15, 0.2) is 6.10 Å². The predicted molar refractivity (Wildman–Crippen MR) is 227 cm³/mol. The highest BCUT2D eigenvalue weighted by Crippen LogP contribution is 2.38. The van der Waals surface area contributed by atoms with E-state index in [0.29, 0.717) is 17.4 Å². The third-order valence-corrected chi connectivity index (χ3v) is 11.0. The quantitative estimate of drug-likeness (QED) is 0.0197. The van der Waals surface area contributed by atoms with Gasteiger partial charge >= 0.3 is 11.9 Å². The van der Waals surface area contributed by atoms with Crippen LogP contribution in [0.3, 0.4) is 0 Å². The van der Waals surface area contributed by atoms with Gasteiger partial charge in [0, 0.05) is 12.8 Å². The number of phosphoric acid groups is 1. The summed E-state index contributed by atoms with van der Waals surface area (Å²) in [4.78, 5) is 37.5. The number of hydrogen-bond acceptors (Lipinski definition) is 8. The zero-order valence-corrected chi connectivity index (χ0v) is 37.5. The molecular weight excluding hydrogens is 713 g/mol. The molecule has 2 atom stereocenters. The number of likely N-dealkylation sites (N-methyl/N-ethyl adjacent to an activating group) is 1. The number of esters is 2. The predicted octanol–water partition coefficient (Wildman–Crippen LogP) is 12.3. The molecule has 55 heavy (non-hydrogen) atoms. The standard InChI is InChI=1S/C45H88NO8P/c1-6-8-10-12-14-16-18-20-21-22-23-24-25-26-28-29-31-33-35-37-44(47)51-41-43(42-53-55(49,50)52-40-39-46(3,4)5)54-45(48)38-36-34-32-30-27-19-17-15-13-11-9-7-2/h15,17,43H,6-14,16,18-42H2,1-5H3/b17-15-. The van der Waals surface area contributed by atoms with E-state index in [1.165, 1.54) is 122 Å². The molecule has 2 unspecified atom stereocenters. The minimum Gasteiger partial charge on any atom is -0.756 e. The third-order valence-electron chi connectivity index (χ3n) is 10.0. The molecule has 0 heterocycles. The van der Waals surface area contributed by atoms with Gasteiger partial charge in [-0.3, -0.25) is 14.2 Å². The average molecular weight is 802 g/mol. The first-order valence-electron chi connectivity index (χ1n) is 22.9. The van der Waals surface area contributed by atoms with Crippen molar-refractivity contribution in [2.24, 2.45) is 0 Å². The van der Waals surface area contributed by atoms with Gasteiger partial charge < -0.3 is 27.9 Å². The van der Waals surface area contributed by atoms with E-state index in [1.54, 1.807) is 0 Å². The molecule has 0 saturated carbocycles. The van der Waals surface area contributed by atoms with Crippen LogP contribution in [0.2, 0.25) is 0 Å². The van der Waals surface area contributed by atoms with E-state index in [1.807, 2.05) is 21.1 Å². The highest BCUT2D eigenvalue weighted by Gasteiger charge is 2.21. The molecule has 0 radical (unpaired) electrons. The molecule has 0 spiro atoms. The fourth-order valence-corrected chi connectivity index (χ4v) is 7.14. The Morgan fingerprint density at radius 3 is 1.38 bits per heavy atom. The summed E-state index contributed by atoms with van der Waals surface area (Å²) in [7, 11) is 1.17. The molecule has 9 nitrogen and oxygen atoms in total. The Hall–Kier alpha value is -1.25. The van der Waals surface area contributed by atoms with E-state index in [4.69, 9.17) is 18.5 Å². The summed E-state index contributed by atoms with van der Waals surface area (Å²) in [6.45, 7) is 4.22. The van der Waals surface area contributed by atoms with Crippen LogP contribution in [0.5, 0.6) is 0 Å². The number of ether oxygens (including phenoxy) is 2. The van der Waals surface area contributed by atoms with Crippen LogP contribution in [0.15, 0.2) is 12.2 Å². The van der Waals surface area contributed by atoms with Crippen LogP contribution in [0, 0.1) is 0 Å². The van der Waals surface area contributed by atoms with Gasteiger partial charge in [0.25, 0.3) is 7.82 Å². The molecule has 0 saturated heterocycles. The molecule has 0 aliphatic rings. The van der Waals surface area contributed by atoms with Crippen LogP contribution in [0.1, 0.15) is 213 Å². The fourth-order valence-electron chi connectivity index (χ4n) is 6.41. The summed E-state index contributed by atoms with van der Waals surface area (Å²) in [5, 5.41) is 0. The lowest BCUT2D eigenvalue weighted by Gasteiger charge is -2.28. The third kappa shape index (κ3) is 42.2. The molecule has 0 N–H and O–H groups in total. The van der Waals surface area contributed by atoms with Gasteiger partial charge in [-0.25, -0.2) is 0 Å². The molecule has 0 aromatic heterocycles. The van der Waals surface area contributed by atoms with Crippen molar-refractivity contribution < 1.29 is 42.1 Å². The van der Waals surface area contributed by atoms with E-state index in [-0.39, 0.29) is 32.0 Å². The van der Waals surface area contributed by atoms with Crippen molar-refractivity contribution in [2.45, 2.75) is 219 Å². The topological polar surface area (TPSA) is 111 Å². The maximum absolute atomic E-state index is 12.6. The van der Waals surface area contributed by atoms with Crippen molar-refractivity contribution in [3.63, 3.8) is 0 Å². The Morgan fingerprint density at radius 1 is 0.545 bits per heavy atom. The smallest absolute Gasteiger partial charge is 0.306 e. The number of carbonyl (C=O) groups excluding carboxylic acids is 2. The van der Waals surface area contributed by atoms with Crippen LogP contribution < -0.4 is 4.89 Å². The molecule has 326 valence electrons. The van der Waals surface area contributed by atoms with Crippen molar-refractivity contribution in [3.05, 3.63) is 12.2 Å². The van der Waals surface area contributed by atoms with Gasteiger partial charge in [-0.05, 0) is 38.5 Å². The molecule has 0 aliphatic heterocycles. The van der Waals surface area contributed by atoms with Crippen LogP contribution in [0.25, 0.3) is 0 Å². The number of quaternary nitrogens is 1. The minimum atomic E-state index is -4.62. The Balaban J connectivity index is 4.25. The minimum absolute atomic E-state index is 0.0294. The summed E-state index contributed by atoms with van der Waals surface area (Å²) in [5.74, 6) is -0.835. The molecular formula is C45H88NO8P. The van der Waals surface area contributed by atoms with E-state index in [9.17, 15) is 19.0 Å². The number of phosphoric ester groups is 1. The second-order valence-electron chi connectivity index (χ2n) is 16.8. The van der Waals surface area contributed by atoms with Gasteiger partial charge in [-0.15, -0.1) is 0 Å². The molecule has 0 aromatic rings. The first kappa shape index (κ1) is 53.8. The van der Waals surface area contributed by atoms with Crippen LogP contribution >= 0.6 is 7.82 Å². The van der Waals surface area contributed by atoms with Gasteiger partial charge in [-0.2, -0.15) is 0 Å². The maximum atomic E-state index is 12.6. The lowest BCUT2D eigenvalue weighted by molar-refractivity contribution is -0.870. The maximum Gasteiger partial charge on any atom is 0.306 e. The van der Waals surface area contributed by atoms with Gasteiger partial charge in [0.05, 0.1) is 27.7 Å². The van der Waals surface area contributed by atoms with Crippen molar-refractivity contribution >= 4 is 19.8 Å².